The van der Waals surface area contributed by atoms with Crippen molar-refractivity contribution in [3.8, 4) is 0 Å². The van der Waals surface area contributed by atoms with Crippen LogP contribution in [0.25, 0.3) is 10.9 Å². The van der Waals surface area contributed by atoms with Gasteiger partial charge in [-0.05, 0) is 49.9 Å². The molecule has 3 aromatic rings. The number of carbonyl (C=O) groups excluding carboxylic acids is 1. The van der Waals surface area contributed by atoms with E-state index < -0.39 is 0 Å². The first-order chi connectivity index (χ1) is 15.9. The zero-order chi connectivity index (χ0) is 23.4. The third-order valence-electron chi connectivity index (χ3n) is 6.12. The van der Waals surface area contributed by atoms with E-state index in [9.17, 15) is 4.79 Å². The molecule has 2 aromatic carbocycles. The summed E-state index contributed by atoms with van der Waals surface area (Å²) in [7, 11) is 0. The normalized spacial score (nSPS) is 18.0. The number of aryl methyl sites for hydroxylation is 2. The fourth-order valence-corrected chi connectivity index (χ4v) is 4.32. The summed E-state index contributed by atoms with van der Waals surface area (Å²) in [4.78, 5) is 26.6. The number of benzene rings is 2. The van der Waals surface area contributed by atoms with Crippen molar-refractivity contribution in [2.75, 3.05) is 5.32 Å². The van der Waals surface area contributed by atoms with E-state index in [0.717, 1.165) is 47.8 Å². The number of rotatable bonds is 6. The minimum absolute atomic E-state index is 0.0299. The number of amides is 1. The zero-order valence-corrected chi connectivity index (χ0v) is 19.1. The molecule has 33 heavy (non-hydrogen) atoms. The molecule has 0 aliphatic heterocycles. The molecule has 0 radical (unpaired) electrons. The van der Waals surface area contributed by atoms with E-state index >= 15 is 0 Å². The van der Waals surface area contributed by atoms with Gasteiger partial charge in [0, 0.05) is 11.9 Å². The predicted octanol–water partition coefficient (Wildman–Crippen LogP) is 3.17. The summed E-state index contributed by atoms with van der Waals surface area (Å²) in [5.74, 6) is 0.547. The number of fused-ring (bicyclic) bond motifs is 1. The number of aliphatic imine (C=N–C) groups is 1. The van der Waals surface area contributed by atoms with Crippen LogP contribution in [0.4, 0.5) is 5.82 Å². The van der Waals surface area contributed by atoms with Gasteiger partial charge >= 0.3 is 0 Å². The number of guanidine groups is 1. The number of nitrogens with two attached hydrogens (primary N) is 2. The number of hydrogen-bond acceptors (Lipinski definition) is 5. The highest BCUT2D eigenvalue weighted by Crippen LogP contribution is 2.28. The molecule has 8 heteroatoms. The first-order valence-corrected chi connectivity index (χ1v) is 11.4. The molecule has 1 amide bonds. The molecule has 8 nitrogen and oxygen atoms in total. The zero-order valence-electron chi connectivity index (χ0n) is 19.1. The second-order valence-electron chi connectivity index (χ2n) is 8.68. The fourth-order valence-electron chi connectivity index (χ4n) is 4.32. The molecule has 0 bridgehead atoms. The highest BCUT2D eigenvalue weighted by molar-refractivity contribution is 5.96. The summed E-state index contributed by atoms with van der Waals surface area (Å²) >= 11 is 0. The molecule has 6 N–H and O–H groups in total. The summed E-state index contributed by atoms with van der Waals surface area (Å²) < 4.78 is 0. The largest absolute Gasteiger partial charge is 0.370 e. The summed E-state index contributed by atoms with van der Waals surface area (Å²) in [5.41, 5.74) is 15.3. The molecular weight excluding hydrogens is 414 g/mol. The Hall–Kier alpha value is -3.68. The maximum absolute atomic E-state index is 13.0. The molecule has 1 saturated carbocycles. The Balaban J connectivity index is 1.63. The van der Waals surface area contributed by atoms with Crippen molar-refractivity contribution in [3.05, 3.63) is 65.0 Å². The van der Waals surface area contributed by atoms with Gasteiger partial charge < -0.3 is 22.1 Å². The Bertz CT molecular complexity index is 1190. The molecule has 1 aliphatic carbocycles. The minimum Gasteiger partial charge on any atom is -0.370 e. The number of carbonyl (C=O) groups is 1. The highest BCUT2D eigenvalue weighted by Gasteiger charge is 2.26. The predicted molar refractivity (Wildman–Crippen MR) is 132 cm³/mol. The van der Waals surface area contributed by atoms with Gasteiger partial charge in [-0.2, -0.15) is 0 Å². The van der Waals surface area contributed by atoms with Crippen LogP contribution in [0.2, 0.25) is 0 Å². The number of nitrogens with one attached hydrogen (secondary N) is 2. The molecule has 4 rings (SSSR count). The van der Waals surface area contributed by atoms with Crippen LogP contribution in [0.15, 0.2) is 47.5 Å². The van der Waals surface area contributed by atoms with E-state index in [1.54, 1.807) is 0 Å². The third kappa shape index (κ3) is 5.39. The molecule has 1 fully saturated rings. The molecular formula is C25H31N7O. The Labute approximate surface area is 193 Å². The Morgan fingerprint density at radius 3 is 2.67 bits per heavy atom. The van der Waals surface area contributed by atoms with Gasteiger partial charge in [0.15, 0.2) is 5.96 Å². The lowest BCUT2D eigenvalue weighted by Gasteiger charge is -2.30. The van der Waals surface area contributed by atoms with Gasteiger partial charge in [0.25, 0.3) is 5.91 Å². The van der Waals surface area contributed by atoms with Gasteiger partial charge in [-0.15, -0.1) is 0 Å². The van der Waals surface area contributed by atoms with Crippen LogP contribution in [0, 0.1) is 13.8 Å². The average molecular weight is 446 g/mol. The van der Waals surface area contributed by atoms with Crippen LogP contribution >= 0.6 is 0 Å². The first kappa shape index (κ1) is 22.5. The van der Waals surface area contributed by atoms with E-state index in [1.165, 1.54) is 0 Å². The fraction of sp³-hybridized carbons (Fsp3) is 0.360. The molecule has 2 unspecified atom stereocenters. The summed E-state index contributed by atoms with van der Waals surface area (Å²) in [6, 6.07) is 13.9. The van der Waals surface area contributed by atoms with Gasteiger partial charge in [0.2, 0.25) is 5.82 Å². The van der Waals surface area contributed by atoms with Crippen molar-refractivity contribution in [2.45, 2.75) is 58.2 Å². The van der Waals surface area contributed by atoms with E-state index in [-0.39, 0.29) is 29.8 Å². The molecule has 0 saturated heterocycles. The molecule has 1 aromatic heterocycles. The van der Waals surface area contributed by atoms with Crippen molar-refractivity contribution >= 4 is 28.6 Å². The van der Waals surface area contributed by atoms with Crippen LogP contribution in [-0.2, 0) is 6.54 Å². The highest BCUT2D eigenvalue weighted by atomic mass is 16.2. The average Bonchev–Trinajstić information content (AvgIpc) is 2.79. The van der Waals surface area contributed by atoms with Crippen molar-refractivity contribution in [1.29, 1.82) is 0 Å². The van der Waals surface area contributed by atoms with Gasteiger partial charge in [0.1, 0.15) is 5.82 Å². The van der Waals surface area contributed by atoms with E-state index in [4.69, 9.17) is 11.5 Å². The second-order valence-corrected chi connectivity index (χ2v) is 8.68. The van der Waals surface area contributed by atoms with Crippen LogP contribution in [0.1, 0.15) is 53.0 Å². The molecule has 172 valence electrons. The summed E-state index contributed by atoms with van der Waals surface area (Å²) in [5, 5.41) is 7.36. The Kier molecular flexibility index (Phi) is 6.72. The van der Waals surface area contributed by atoms with E-state index in [0.29, 0.717) is 17.9 Å². The lowest BCUT2D eigenvalue weighted by atomic mass is 9.90. The number of nitrogens with zero attached hydrogens (tertiary/aromatic N) is 3. The maximum Gasteiger partial charge on any atom is 0.289 e. The number of aromatic nitrogens is 2. The quantitative estimate of drug-likeness (QED) is 0.340. The standard InChI is InChI=1S/C25H31N7O/c1-15-11-12-19-18(13-15)22(30-20-9-5-6-10-21(20)31-25(26)27)32-23(29-19)24(33)28-14-17-8-4-3-7-16(17)2/h3-4,7-8,11-13,20-21H,5-6,9-10,14H2,1-2H3,(H,28,33)(H4,26,27,31)(H,29,30,32). The maximum atomic E-state index is 13.0. The SMILES string of the molecule is Cc1ccc2nc(C(=O)NCc3ccccc3C)nc(NC3CCCCC3N=C(N)N)c2c1. The van der Waals surface area contributed by atoms with Crippen molar-refractivity contribution in [2.24, 2.45) is 16.5 Å². The van der Waals surface area contributed by atoms with E-state index in [2.05, 4.69) is 25.6 Å². The lowest BCUT2D eigenvalue weighted by molar-refractivity contribution is 0.0941. The Morgan fingerprint density at radius 2 is 1.88 bits per heavy atom. The van der Waals surface area contributed by atoms with Gasteiger partial charge in [-0.1, -0.05) is 48.7 Å². The molecule has 1 heterocycles. The summed E-state index contributed by atoms with van der Waals surface area (Å²) in [6.07, 6.45) is 3.99. The van der Waals surface area contributed by atoms with Gasteiger partial charge in [0.05, 0.1) is 17.6 Å². The smallest absolute Gasteiger partial charge is 0.289 e. The van der Waals surface area contributed by atoms with Crippen LogP contribution in [-0.4, -0.2) is 33.9 Å². The Morgan fingerprint density at radius 1 is 1.09 bits per heavy atom. The van der Waals surface area contributed by atoms with Crippen LogP contribution in [0.5, 0.6) is 0 Å². The van der Waals surface area contributed by atoms with Gasteiger partial charge in [-0.25, -0.2) is 15.0 Å². The van der Waals surface area contributed by atoms with Gasteiger partial charge in [-0.3, -0.25) is 4.79 Å². The minimum atomic E-state index is -0.312. The van der Waals surface area contributed by atoms with Crippen LogP contribution in [0.3, 0.4) is 0 Å². The molecule has 2 atom stereocenters. The van der Waals surface area contributed by atoms with Crippen LogP contribution < -0.4 is 22.1 Å². The first-order valence-electron chi connectivity index (χ1n) is 11.4. The molecule has 1 aliphatic rings. The van der Waals surface area contributed by atoms with E-state index in [1.807, 2.05) is 56.3 Å². The monoisotopic (exact) mass is 445 g/mol. The van der Waals surface area contributed by atoms with Crippen molar-refractivity contribution < 1.29 is 4.79 Å². The molecule has 0 spiro atoms. The lowest BCUT2D eigenvalue weighted by Crippen LogP contribution is -2.38. The van der Waals surface area contributed by atoms with Crippen molar-refractivity contribution in [1.82, 2.24) is 15.3 Å². The number of hydrogen-bond donors (Lipinski definition) is 4. The number of anilines is 1. The third-order valence-corrected chi connectivity index (χ3v) is 6.12. The topological polar surface area (TPSA) is 131 Å². The summed E-state index contributed by atoms with van der Waals surface area (Å²) in [6.45, 7) is 4.46. The second kappa shape index (κ2) is 9.85. The van der Waals surface area contributed by atoms with Crippen molar-refractivity contribution in [3.63, 3.8) is 0 Å².